The number of aryl methyl sites for hydroxylation is 1. The van der Waals surface area contributed by atoms with Gasteiger partial charge in [0.05, 0.1) is 11.2 Å². The van der Waals surface area contributed by atoms with Crippen molar-refractivity contribution in [3.8, 4) is 0 Å². The lowest BCUT2D eigenvalue weighted by Crippen LogP contribution is -2.34. The van der Waals surface area contributed by atoms with Crippen LogP contribution in [-0.2, 0) is 20.0 Å². The first kappa shape index (κ1) is 16.9. The molecule has 20 heavy (non-hydrogen) atoms. The molecule has 9 heteroatoms. The third kappa shape index (κ3) is 4.75. The molecule has 0 aliphatic carbocycles. The van der Waals surface area contributed by atoms with E-state index in [1.807, 2.05) is 0 Å². The number of rotatable bonds is 6. The van der Waals surface area contributed by atoms with Crippen molar-refractivity contribution in [1.29, 1.82) is 0 Å². The van der Waals surface area contributed by atoms with Gasteiger partial charge in [0.15, 0.2) is 0 Å². The van der Waals surface area contributed by atoms with Crippen molar-refractivity contribution in [2.45, 2.75) is 18.7 Å². The van der Waals surface area contributed by atoms with Gasteiger partial charge < -0.3 is 5.73 Å². The van der Waals surface area contributed by atoms with Crippen LogP contribution in [0.4, 0.5) is 5.69 Å². The highest BCUT2D eigenvalue weighted by Crippen LogP contribution is 2.21. The standard InChI is InChI=1S/C11H19N3O4S2/c1-8-6-10(12)7-11(9(8)2)20(17,18)14-5-4-13-19(3,15)16/h6-7,13-14H,4-5,12H2,1-3H3. The van der Waals surface area contributed by atoms with Gasteiger partial charge in [-0.3, -0.25) is 0 Å². The molecule has 0 aromatic heterocycles. The summed E-state index contributed by atoms with van der Waals surface area (Å²) in [6.07, 6.45) is 1.01. The lowest BCUT2D eigenvalue weighted by molar-refractivity contribution is 0.573. The number of anilines is 1. The average Bonchev–Trinajstić information content (AvgIpc) is 2.28. The molecule has 0 unspecified atom stereocenters. The highest BCUT2D eigenvalue weighted by molar-refractivity contribution is 7.89. The van der Waals surface area contributed by atoms with E-state index in [1.165, 1.54) is 6.07 Å². The van der Waals surface area contributed by atoms with Crippen LogP contribution >= 0.6 is 0 Å². The molecule has 0 saturated heterocycles. The predicted molar refractivity (Wildman–Crippen MR) is 78.4 cm³/mol. The fourth-order valence-corrected chi connectivity index (χ4v) is 3.49. The van der Waals surface area contributed by atoms with Gasteiger partial charge in [0.1, 0.15) is 0 Å². The van der Waals surface area contributed by atoms with Gasteiger partial charge in [-0.2, -0.15) is 0 Å². The van der Waals surface area contributed by atoms with Crippen LogP contribution in [0.1, 0.15) is 11.1 Å². The lowest BCUT2D eigenvalue weighted by atomic mass is 10.1. The molecule has 1 aromatic carbocycles. The van der Waals surface area contributed by atoms with Crippen LogP contribution in [0.3, 0.4) is 0 Å². The predicted octanol–water partition coefficient (Wildman–Crippen LogP) is -0.287. The number of benzene rings is 1. The average molecular weight is 321 g/mol. The molecule has 0 bridgehead atoms. The van der Waals surface area contributed by atoms with Crippen LogP contribution in [0.5, 0.6) is 0 Å². The molecule has 0 aliphatic heterocycles. The van der Waals surface area contributed by atoms with E-state index in [9.17, 15) is 16.8 Å². The summed E-state index contributed by atoms with van der Waals surface area (Å²) >= 11 is 0. The zero-order valence-electron chi connectivity index (χ0n) is 11.6. The minimum atomic E-state index is -3.72. The molecule has 1 aromatic rings. The maximum Gasteiger partial charge on any atom is 0.240 e. The van der Waals surface area contributed by atoms with Crippen molar-refractivity contribution >= 4 is 25.7 Å². The molecular weight excluding hydrogens is 302 g/mol. The lowest BCUT2D eigenvalue weighted by Gasteiger charge is -2.12. The fraction of sp³-hybridized carbons (Fsp3) is 0.455. The molecule has 0 saturated carbocycles. The summed E-state index contributed by atoms with van der Waals surface area (Å²) in [6.45, 7) is 3.41. The number of hydrogen-bond acceptors (Lipinski definition) is 5. The summed E-state index contributed by atoms with van der Waals surface area (Å²) in [5.41, 5.74) is 7.41. The van der Waals surface area contributed by atoms with Crippen LogP contribution in [0, 0.1) is 13.8 Å². The highest BCUT2D eigenvalue weighted by atomic mass is 32.2. The van der Waals surface area contributed by atoms with Gasteiger partial charge in [-0.05, 0) is 37.1 Å². The Morgan fingerprint density at radius 1 is 1.05 bits per heavy atom. The van der Waals surface area contributed by atoms with E-state index in [0.717, 1.165) is 11.8 Å². The molecule has 0 spiro atoms. The zero-order chi connectivity index (χ0) is 15.6. The minimum Gasteiger partial charge on any atom is -0.399 e. The quantitative estimate of drug-likeness (QED) is 0.491. The van der Waals surface area contributed by atoms with Gasteiger partial charge in [-0.25, -0.2) is 26.3 Å². The van der Waals surface area contributed by atoms with E-state index in [1.54, 1.807) is 19.9 Å². The molecule has 0 radical (unpaired) electrons. The first-order chi connectivity index (χ1) is 9.03. The SMILES string of the molecule is Cc1cc(N)cc(S(=O)(=O)NCCNS(C)(=O)=O)c1C. The van der Waals surface area contributed by atoms with E-state index in [4.69, 9.17) is 5.73 Å². The molecule has 4 N–H and O–H groups in total. The van der Waals surface area contributed by atoms with Gasteiger partial charge in [0.25, 0.3) is 0 Å². The van der Waals surface area contributed by atoms with E-state index in [0.29, 0.717) is 11.3 Å². The number of sulfonamides is 2. The van der Waals surface area contributed by atoms with E-state index < -0.39 is 20.0 Å². The van der Waals surface area contributed by atoms with Crippen molar-refractivity contribution in [2.24, 2.45) is 0 Å². The summed E-state index contributed by atoms with van der Waals surface area (Å²) in [4.78, 5) is 0.106. The smallest absolute Gasteiger partial charge is 0.240 e. The highest BCUT2D eigenvalue weighted by Gasteiger charge is 2.18. The normalized spacial score (nSPS) is 12.6. The first-order valence-corrected chi connectivity index (χ1v) is 9.21. The summed E-state index contributed by atoms with van der Waals surface area (Å²) in [7, 11) is -7.05. The fourth-order valence-electron chi connectivity index (χ4n) is 1.63. The summed E-state index contributed by atoms with van der Waals surface area (Å²) in [5, 5.41) is 0. The van der Waals surface area contributed by atoms with Crippen molar-refractivity contribution < 1.29 is 16.8 Å². The maximum atomic E-state index is 12.1. The third-order valence-electron chi connectivity index (χ3n) is 2.71. The largest absolute Gasteiger partial charge is 0.399 e. The second-order valence-electron chi connectivity index (χ2n) is 4.53. The molecule has 7 nitrogen and oxygen atoms in total. The molecule has 1 rings (SSSR count). The minimum absolute atomic E-state index is 0.0155. The number of hydrogen-bond donors (Lipinski definition) is 3. The molecule has 0 amide bonds. The molecule has 114 valence electrons. The zero-order valence-corrected chi connectivity index (χ0v) is 13.2. The first-order valence-electron chi connectivity index (χ1n) is 5.84. The second kappa shape index (κ2) is 6.08. The van der Waals surface area contributed by atoms with Crippen molar-refractivity contribution in [2.75, 3.05) is 25.1 Å². The molecule has 0 heterocycles. The Kier molecular flexibility index (Phi) is 5.14. The van der Waals surface area contributed by atoms with Gasteiger partial charge in [0.2, 0.25) is 20.0 Å². The Morgan fingerprint density at radius 2 is 1.60 bits per heavy atom. The van der Waals surface area contributed by atoms with Crippen molar-refractivity contribution in [3.05, 3.63) is 23.3 Å². The Balaban J connectivity index is 2.85. The van der Waals surface area contributed by atoms with E-state index in [-0.39, 0.29) is 18.0 Å². The molecular formula is C11H19N3O4S2. The van der Waals surface area contributed by atoms with Crippen LogP contribution in [0.25, 0.3) is 0 Å². The Hall–Kier alpha value is -1.16. The maximum absolute atomic E-state index is 12.1. The summed E-state index contributed by atoms with van der Waals surface area (Å²) < 4.78 is 50.5. The number of nitrogens with one attached hydrogen (secondary N) is 2. The van der Waals surface area contributed by atoms with Gasteiger partial charge in [0, 0.05) is 18.8 Å². The number of nitrogen functional groups attached to an aromatic ring is 1. The van der Waals surface area contributed by atoms with Gasteiger partial charge >= 0.3 is 0 Å². The Morgan fingerprint density at radius 3 is 2.15 bits per heavy atom. The van der Waals surface area contributed by atoms with E-state index >= 15 is 0 Å². The van der Waals surface area contributed by atoms with Crippen molar-refractivity contribution in [3.63, 3.8) is 0 Å². The third-order valence-corrected chi connectivity index (χ3v) is 5.03. The van der Waals surface area contributed by atoms with Crippen LogP contribution < -0.4 is 15.2 Å². The number of nitrogens with two attached hydrogens (primary N) is 1. The monoisotopic (exact) mass is 321 g/mol. The summed E-state index contributed by atoms with van der Waals surface area (Å²) in [6, 6.07) is 3.08. The van der Waals surface area contributed by atoms with Gasteiger partial charge in [-0.1, -0.05) is 0 Å². The Bertz CT molecular complexity index is 697. The second-order valence-corrected chi connectivity index (χ2v) is 8.09. The van der Waals surface area contributed by atoms with Crippen LogP contribution in [0.15, 0.2) is 17.0 Å². The Labute approximate surface area is 119 Å². The van der Waals surface area contributed by atoms with Crippen LogP contribution in [-0.4, -0.2) is 36.2 Å². The molecule has 0 aliphatic rings. The summed E-state index contributed by atoms with van der Waals surface area (Å²) in [5.74, 6) is 0. The van der Waals surface area contributed by atoms with Gasteiger partial charge in [-0.15, -0.1) is 0 Å². The van der Waals surface area contributed by atoms with Crippen LogP contribution in [0.2, 0.25) is 0 Å². The topological polar surface area (TPSA) is 118 Å². The van der Waals surface area contributed by atoms with E-state index in [2.05, 4.69) is 9.44 Å². The molecule has 0 atom stereocenters. The van der Waals surface area contributed by atoms with Crippen molar-refractivity contribution in [1.82, 2.24) is 9.44 Å². The molecule has 0 fully saturated rings.